The highest BCUT2D eigenvalue weighted by Gasteiger charge is 2.40. The number of hydrogen-bond acceptors (Lipinski definition) is 4. The Morgan fingerprint density at radius 2 is 1.85 bits per heavy atom. The van der Waals surface area contributed by atoms with Gasteiger partial charge in [-0.2, -0.15) is 0 Å². The van der Waals surface area contributed by atoms with Gasteiger partial charge in [0.05, 0.1) is 12.5 Å². The van der Waals surface area contributed by atoms with Crippen molar-refractivity contribution in [3.05, 3.63) is 53.8 Å². The summed E-state index contributed by atoms with van der Waals surface area (Å²) >= 11 is 0. The molecule has 0 unspecified atom stereocenters. The number of benzene rings is 2. The van der Waals surface area contributed by atoms with Crippen LogP contribution in [0.25, 0.3) is 11.1 Å². The fourth-order valence-corrected chi connectivity index (χ4v) is 5.15. The van der Waals surface area contributed by atoms with Crippen molar-refractivity contribution in [2.24, 2.45) is 11.3 Å². The van der Waals surface area contributed by atoms with Gasteiger partial charge < -0.3 is 19.7 Å². The molecule has 5 nitrogen and oxygen atoms in total. The third-order valence-corrected chi connectivity index (χ3v) is 7.49. The highest BCUT2D eigenvalue weighted by Crippen LogP contribution is 2.36. The smallest absolute Gasteiger partial charge is 0.226 e. The Labute approximate surface area is 202 Å². The number of carbonyl (C=O) groups is 1. The standard InChI is InChI=1S/C28H37FN2O3/c1-21-9-14-31(15-10-21)16-13-30-27(32)28(11-17-34-18-12-28)20-22-3-5-23(6-4-22)25-19-24(29)7-8-26(25)33-2/h3-8,19,21H,9-18,20H2,1-2H3,(H,30,32). The number of piperidine rings is 1. The molecule has 2 aromatic rings. The van der Waals surface area contributed by atoms with Crippen LogP contribution in [0.4, 0.5) is 4.39 Å². The average molecular weight is 469 g/mol. The maximum absolute atomic E-state index is 13.8. The van der Waals surface area contributed by atoms with Gasteiger partial charge in [0.25, 0.3) is 0 Å². The van der Waals surface area contributed by atoms with Crippen LogP contribution in [0.5, 0.6) is 5.75 Å². The molecule has 2 saturated heterocycles. The number of hydrogen-bond donors (Lipinski definition) is 1. The first-order chi connectivity index (χ1) is 16.5. The van der Waals surface area contributed by atoms with Gasteiger partial charge in [-0.25, -0.2) is 4.39 Å². The van der Waals surface area contributed by atoms with E-state index in [9.17, 15) is 9.18 Å². The zero-order valence-corrected chi connectivity index (χ0v) is 20.4. The van der Waals surface area contributed by atoms with Gasteiger partial charge in [0.2, 0.25) is 5.91 Å². The molecule has 0 atom stereocenters. The van der Waals surface area contributed by atoms with Crippen LogP contribution in [-0.4, -0.2) is 57.3 Å². The molecule has 2 aromatic carbocycles. The summed E-state index contributed by atoms with van der Waals surface area (Å²) < 4.78 is 24.8. The molecule has 2 fully saturated rings. The van der Waals surface area contributed by atoms with Crippen LogP contribution in [0.3, 0.4) is 0 Å². The largest absolute Gasteiger partial charge is 0.496 e. The number of amides is 1. The first-order valence-corrected chi connectivity index (χ1v) is 12.5. The number of nitrogens with zero attached hydrogens (tertiary/aromatic N) is 1. The Balaban J connectivity index is 1.41. The third-order valence-electron chi connectivity index (χ3n) is 7.49. The lowest BCUT2D eigenvalue weighted by atomic mass is 9.74. The number of methoxy groups -OCH3 is 1. The second kappa shape index (κ2) is 11.3. The highest BCUT2D eigenvalue weighted by atomic mass is 19.1. The minimum Gasteiger partial charge on any atom is -0.496 e. The Kier molecular flexibility index (Phi) is 8.22. The molecular weight excluding hydrogens is 431 g/mol. The molecule has 0 aliphatic carbocycles. The zero-order chi connectivity index (χ0) is 24.0. The fourth-order valence-electron chi connectivity index (χ4n) is 5.15. The Morgan fingerprint density at radius 1 is 1.15 bits per heavy atom. The van der Waals surface area contributed by atoms with Crippen molar-refractivity contribution in [1.29, 1.82) is 0 Å². The summed E-state index contributed by atoms with van der Waals surface area (Å²) in [5.74, 6) is 1.29. The van der Waals surface area contributed by atoms with Gasteiger partial charge in [-0.05, 0) is 80.4 Å². The molecule has 6 heteroatoms. The monoisotopic (exact) mass is 468 g/mol. The van der Waals surface area contributed by atoms with Crippen LogP contribution < -0.4 is 10.1 Å². The summed E-state index contributed by atoms with van der Waals surface area (Å²) in [5, 5.41) is 3.24. The second-order valence-corrected chi connectivity index (χ2v) is 9.89. The first-order valence-electron chi connectivity index (χ1n) is 12.5. The number of halogens is 1. The summed E-state index contributed by atoms with van der Waals surface area (Å²) in [6, 6.07) is 12.6. The first kappa shape index (κ1) is 24.7. The van der Waals surface area contributed by atoms with E-state index in [2.05, 4.69) is 17.1 Å². The van der Waals surface area contributed by atoms with E-state index in [1.807, 2.05) is 24.3 Å². The van der Waals surface area contributed by atoms with Gasteiger partial charge in [-0.15, -0.1) is 0 Å². The van der Waals surface area contributed by atoms with Crippen molar-refractivity contribution in [3.8, 4) is 16.9 Å². The van der Waals surface area contributed by atoms with E-state index in [-0.39, 0.29) is 11.7 Å². The van der Waals surface area contributed by atoms with E-state index in [1.54, 1.807) is 13.2 Å². The molecule has 0 spiro atoms. The molecular formula is C28H37FN2O3. The van der Waals surface area contributed by atoms with Gasteiger partial charge in [0, 0.05) is 31.9 Å². The number of rotatable bonds is 8. The van der Waals surface area contributed by atoms with Crippen molar-refractivity contribution < 1.29 is 18.7 Å². The third kappa shape index (κ3) is 5.97. The van der Waals surface area contributed by atoms with Crippen molar-refractivity contribution in [1.82, 2.24) is 10.2 Å². The van der Waals surface area contributed by atoms with E-state index in [0.29, 0.717) is 31.9 Å². The molecule has 0 radical (unpaired) electrons. The SMILES string of the molecule is COc1ccc(F)cc1-c1ccc(CC2(C(=O)NCCN3CCC(C)CC3)CCOCC2)cc1. The van der Waals surface area contributed by atoms with Crippen molar-refractivity contribution in [2.45, 2.75) is 39.0 Å². The van der Waals surface area contributed by atoms with E-state index >= 15 is 0 Å². The lowest BCUT2D eigenvalue weighted by Crippen LogP contribution is -2.48. The van der Waals surface area contributed by atoms with Gasteiger partial charge in [0.15, 0.2) is 0 Å². The van der Waals surface area contributed by atoms with E-state index in [1.165, 1.54) is 25.0 Å². The summed E-state index contributed by atoms with van der Waals surface area (Å²) in [4.78, 5) is 15.8. The molecule has 2 aliphatic rings. The van der Waals surface area contributed by atoms with Crippen LogP contribution in [0.2, 0.25) is 0 Å². The zero-order valence-electron chi connectivity index (χ0n) is 20.4. The lowest BCUT2D eigenvalue weighted by molar-refractivity contribution is -0.136. The van der Waals surface area contributed by atoms with Crippen LogP contribution in [0.15, 0.2) is 42.5 Å². The highest BCUT2D eigenvalue weighted by molar-refractivity contribution is 5.83. The van der Waals surface area contributed by atoms with Crippen LogP contribution in [0.1, 0.15) is 38.2 Å². The molecule has 0 bridgehead atoms. The summed E-state index contributed by atoms with van der Waals surface area (Å²) in [6.45, 7) is 7.38. The van der Waals surface area contributed by atoms with Crippen LogP contribution >= 0.6 is 0 Å². The Bertz CT molecular complexity index is 949. The number of ether oxygens (including phenoxy) is 2. The minimum atomic E-state index is -0.452. The second-order valence-electron chi connectivity index (χ2n) is 9.89. The predicted molar refractivity (Wildman–Crippen MR) is 132 cm³/mol. The maximum atomic E-state index is 13.8. The molecule has 184 valence electrons. The molecule has 1 N–H and O–H groups in total. The molecule has 2 heterocycles. The van der Waals surface area contributed by atoms with E-state index in [4.69, 9.17) is 9.47 Å². The van der Waals surface area contributed by atoms with Gasteiger partial charge in [0.1, 0.15) is 11.6 Å². The number of likely N-dealkylation sites (tertiary alicyclic amines) is 1. The molecule has 34 heavy (non-hydrogen) atoms. The topological polar surface area (TPSA) is 50.8 Å². The number of nitrogens with one attached hydrogen (secondary N) is 1. The van der Waals surface area contributed by atoms with Crippen molar-refractivity contribution in [3.63, 3.8) is 0 Å². The molecule has 4 rings (SSSR count). The van der Waals surface area contributed by atoms with Crippen LogP contribution in [-0.2, 0) is 16.0 Å². The lowest BCUT2D eigenvalue weighted by Gasteiger charge is -2.36. The minimum absolute atomic E-state index is 0.136. The van der Waals surface area contributed by atoms with Crippen molar-refractivity contribution in [2.75, 3.05) is 46.5 Å². The number of carbonyl (C=O) groups excluding carboxylic acids is 1. The van der Waals surface area contributed by atoms with Crippen molar-refractivity contribution >= 4 is 5.91 Å². The average Bonchev–Trinajstić information content (AvgIpc) is 2.86. The van der Waals surface area contributed by atoms with Gasteiger partial charge >= 0.3 is 0 Å². The van der Waals surface area contributed by atoms with Crippen LogP contribution in [0, 0.1) is 17.2 Å². The summed E-state index contributed by atoms with van der Waals surface area (Å²) in [6.07, 6.45) is 4.60. The van der Waals surface area contributed by atoms with Gasteiger partial charge in [-0.1, -0.05) is 31.2 Å². The molecule has 0 aromatic heterocycles. The molecule has 0 saturated carbocycles. The Morgan fingerprint density at radius 3 is 2.53 bits per heavy atom. The fraction of sp³-hybridized carbons (Fsp3) is 0.536. The van der Waals surface area contributed by atoms with E-state index in [0.717, 1.165) is 55.1 Å². The normalized spacial score (nSPS) is 19.0. The summed E-state index contributed by atoms with van der Waals surface area (Å²) in [7, 11) is 1.59. The molecule has 1 amide bonds. The quantitative estimate of drug-likeness (QED) is 0.611. The van der Waals surface area contributed by atoms with Gasteiger partial charge in [-0.3, -0.25) is 4.79 Å². The predicted octanol–water partition coefficient (Wildman–Crippen LogP) is 4.69. The Hall–Kier alpha value is -2.44. The molecule has 2 aliphatic heterocycles. The van der Waals surface area contributed by atoms with E-state index < -0.39 is 5.41 Å². The summed E-state index contributed by atoms with van der Waals surface area (Å²) in [5.41, 5.74) is 2.26. The maximum Gasteiger partial charge on any atom is 0.226 e.